The monoisotopic (exact) mass is 181 g/mol. The quantitative estimate of drug-likeness (QED) is 0.434. The molecule has 2 nitrogen and oxygen atoms in total. The molecule has 0 unspecified atom stereocenters. The molecule has 0 radical (unpaired) electrons. The van der Waals surface area contributed by atoms with Crippen LogP contribution in [0, 0.1) is 0 Å². The van der Waals surface area contributed by atoms with Gasteiger partial charge in [0.05, 0.1) is 5.71 Å². The van der Waals surface area contributed by atoms with E-state index in [4.69, 9.17) is 5.21 Å². The molecule has 0 aliphatic carbocycles. The molecule has 12 heavy (non-hydrogen) atoms. The van der Waals surface area contributed by atoms with Crippen LogP contribution < -0.4 is 0 Å². The molecule has 1 rings (SSSR count). The zero-order valence-corrected chi connectivity index (χ0v) is 7.71. The lowest BCUT2D eigenvalue weighted by Crippen LogP contribution is -1.88. The molecule has 1 aromatic heterocycles. The molecule has 0 saturated carbocycles. The predicted octanol–water partition coefficient (Wildman–Crippen LogP) is 3.00. The molecule has 0 aliphatic rings. The van der Waals surface area contributed by atoms with E-state index in [0.717, 1.165) is 6.42 Å². The lowest BCUT2D eigenvalue weighted by Gasteiger charge is -1.89. The van der Waals surface area contributed by atoms with Gasteiger partial charge in [0.2, 0.25) is 0 Å². The van der Waals surface area contributed by atoms with Crippen LogP contribution in [0.4, 0.5) is 0 Å². The molecule has 1 N–H and O–H groups in total. The minimum absolute atomic E-state index is 0.698. The van der Waals surface area contributed by atoms with E-state index in [1.165, 1.54) is 4.88 Å². The maximum atomic E-state index is 8.49. The summed E-state index contributed by atoms with van der Waals surface area (Å²) in [5.74, 6) is 0. The fraction of sp³-hybridized carbons (Fsp3) is 0.222. The fourth-order valence-corrected chi connectivity index (χ4v) is 1.40. The van der Waals surface area contributed by atoms with Gasteiger partial charge in [0.1, 0.15) is 0 Å². The lowest BCUT2D eigenvalue weighted by molar-refractivity contribution is 0.318. The van der Waals surface area contributed by atoms with Crippen molar-refractivity contribution >= 4 is 23.1 Å². The highest BCUT2D eigenvalue weighted by Gasteiger charge is 1.90. The third-order valence-electron chi connectivity index (χ3n) is 1.47. The number of allylic oxidation sites excluding steroid dienone is 1. The minimum atomic E-state index is 0.698. The van der Waals surface area contributed by atoms with Gasteiger partial charge in [0, 0.05) is 4.88 Å². The Morgan fingerprint density at radius 2 is 2.58 bits per heavy atom. The summed E-state index contributed by atoms with van der Waals surface area (Å²) in [6, 6.07) is 4.01. The first-order chi connectivity index (χ1) is 5.86. The highest BCUT2D eigenvalue weighted by atomic mass is 32.1. The minimum Gasteiger partial charge on any atom is -0.411 e. The van der Waals surface area contributed by atoms with Crippen molar-refractivity contribution < 1.29 is 5.21 Å². The van der Waals surface area contributed by atoms with Crippen molar-refractivity contribution in [2.45, 2.75) is 13.3 Å². The van der Waals surface area contributed by atoms with Crippen LogP contribution in [0.25, 0.3) is 6.08 Å². The number of thiophene rings is 1. The second kappa shape index (κ2) is 4.72. The van der Waals surface area contributed by atoms with Crippen LogP contribution in [-0.2, 0) is 0 Å². The molecule has 0 spiro atoms. The molecule has 0 saturated heterocycles. The molecule has 0 fully saturated rings. The Balaban J connectivity index is 2.62. The highest BCUT2D eigenvalue weighted by molar-refractivity contribution is 7.10. The maximum Gasteiger partial charge on any atom is 0.0793 e. The first-order valence-electron chi connectivity index (χ1n) is 3.79. The van der Waals surface area contributed by atoms with Gasteiger partial charge >= 0.3 is 0 Å². The van der Waals surface area contributed by atoms with Crippen molar-refractivity contribution in [2.24, 2.45) is 5.16 Å². The second-order valence-corrected chi connectivity index (χ2v) is 3.27. The zero-order chi connectivity index (χ0) is 8.81. The third kappa shape index (κ3) is 2.51. The summed E-state index contributed by atoms with van der Waals surface area (Å²) in [6.07, 6.45) is 4.52. The van der Waals surface area contributed by atoms with Gasteiger partial charge in [-0.1, -0.05) is 18.1 Å². The van der Waals surface area contributed by atoms with Gasteiger partial charge in [-0.3, -0.25) is 0 Å². The molecular formula is C9H11NOS. The standard InChI is InChI=1S/C9H11NOS/c1-2-8(10-11)5-6-9-4-3-7-12-9/h3-7,11H,2H2,1H3/b6-5+,10-8+. The number of oxime groups is 1. The Kier molecular flexibility index (Phi) is 3.54. The summed E-state index contributed by atoms with van der Waals surface area (Å²) >= 11 is 1.66. The van der Waals surface area contributed by atoms with Gasteiger partial charge < -0.3 is 5.21 Å². The first kappa shape index (κ1) is 9.00. The molecule has 0 aliphatic heterocycles. The van der Waals surface area contributed by atoms with Crippen molar-refractivity contribution in [3.8, 4) is 0 Å². The van der Waals surface area contributed by atoms with E-state index in [1.54, 1.807) is 11.3 Å². The smallest absolute Gasteiger partial charge is 0.0793 e. The van der Waals surface area contributed by atoms with Crippen molar-refractivity contribution in [1.29, 1.82) is 0 Å². The summed E-state index contributed by atoms with van der Waals surface area (Å²) in [5.41, 5.74) is 0.698. The fourth-order valence-electron chi connectivity index (χ4n) is 0.786. The SMILES string of the molecule is CCC(/C=C/c1cccs1)=N\O. The van der Waals surface area contributed by atoms with Crippen molar-refractivity contribution in [3.63, 3.8) is 0 Å². The zero-order valence-electron chi connectivity index (χ0n) is 6.90. The third-order valence-corrected chi connectivity index (χ3v) is 2.31. The Bertz CT molecular complexity index is 275. The van der Waals surface area contributed by atoms with Crippen molar-refractivity contribution in [2.75, 3.05) is 0 Å². The summed E-state index contributed by atoms with van der Waals surface area (Å²) < 4.78 is 0. The van der Waals surface area contributed by atoms with Gasteiger partial charge in [-0.05, 0) is 30.0 Å². The molecule has 64 valence electrons. The molecule has 1 aromatic rings. The Labute approximate surface area is 75.9 Å². The molecule has 0 atom stereocenters. The molecule has 3 heteroatoms. The number of hydrogen-bond acceptors (Lipinski definition) is 3. The average Bonchev–Trinajstić information content (AvgIpc) is 2.59. The van der Waals surface area contributed by atoms with E-state index >= 15 is 0 Å². The van der Waals surface area contributed by atoms with E-state index in [2.05, 4.69) is 5.16 Å². The van der Waals surface area contributed by atoms with E-state index in [9.17, 15) is 0 Å². The normalized spacial score (nSPS) is 12.6. The average molecular weight is 181 g/mol. The molecule has 0 bridgehead atoms. The van der Waals surface area contributed by atoms with Gasteiger partial charge in [0.25, 0.3) is 0 Å². The van der Waals surface area contributed by atoms with Crippen molar-refractivity contribution in [3.05, 3.63) is 28.5 Å². The summed E-state index contributed by atoms with van der Waals surface area (Å²) in [6.45, 7) is 1.95. The van der Waals surface area contributed by atoms with Gasteiger partial charge in [-0.2, -0.15) is 0 Å². The molecular weight excluding hydrogens is 170 g/mol. The van der Waals surface area contributed by atoms with Crippen LogP contribution in [0.1, 0.15) is 18.2 Å². The number of hydrogen-bond donors (Lipinski definition) is 1. The van der Waals surface area contributed by atoms with E-state index in [0.29, 0.717) is 5.71 Å². The number of nitrogens with zero attached hydrogens (tertiary/aromatic N) is 1. The van der Waals surface area contributed by atoms with Crippen LogP contribution in [0.15, 0.2) is 28.7 Å². The van der Waals surface area contributed by atoms with Crippen LogP contribution in [0.3, 0.4) is 0 Å². The van der Waals surface area contributed by atoms with Crippen LogP contribution >= 0.6 is 11.3 Å². The van der Waals surface area contributed by atoms with Crippen LogP contribution in [-0.4, -0.2) is 10.9 Å². The van der Waals surface area contributed by atoms with E-state index in [1.807, 2.05) is 36.6 Å². The van der Waals surface area contributed by atoms with E-state index < -0.39 is 0 Å². The molecule has 0 aromatic carbocycles. The summed E-state index contributed by atoms with van der Waals surface area (Å²) in [4.78, 5) is 1.17. The second-order valence-electron chi connectivity index (χ2n) is 2.29. The van der Waals surface area contributed by atoms with Crippen LogP contribution in [0.2, 0.25) is 0 Å². The van der Waals surface area contributed by atoms with E-state index in [-0.39, 0.29) is 0 Å². The Hall–Kier alpha value is -1.09. The lowest BCUT2D eigenvalue weighted by atomic mass is 10.2. The highest BCUT2D eigenvalue weighted by Crippen LogP contribution is 2.10. The Morgan fingerprint density at radius 1 is 1.75 bits per heavy atom. The van der Waals surface area contributed by atoms with Crippen LogP contribution in [0.5, 0.6) is 0 Å². The Morgan fingerprint density at radius 3 is 3.08 bits per heavy atom. The molecule has 0 amide bonds. The first-order valence-corrected chi connectivity index (χ1v) is 4.67. The topological polar surface area (TPSA) is 32.6 Å². The van der Waals surface area contributed by atoms with Gasteiger partial charge in [-0.25, -0.2) is 0 Å². The summed E-state index contributed by atoms with van der Waals surface area (Å²) in [5, 5.41) is 13.7. The summed E-state index contributed by atoms with van der Waals surface area (Å²) in [7, 11) is 0. The van der Waals surface area contributed by atoms with Gasteiger partial charge in [0.15, 0.2) is 0 Å². The molecule has 1 heterocycles. The maximum absolute atomic E-state index is 8.49. The number of rotatable bonds is 3. The van der Waals surface area contributed by atoms with Crippen molar-refractivity contribution in [1.82, 2.24) is 0 Å². The van der Waals surface area contributed by atoms with Gasteiger partial charge in [-0.15, -0.1) is 11.3 Å². The predicted molar refractivity (Wildman–Crippen MR) is 52.9 cm³/mol. The largest absolute Gasteiger partial charge is 0.411 e.